The van der Waals surface area contributed by atoms with Crippen molar-refractivity contribution >= 4 is 11.5 Å². The van der Waals surface area contributed by atoms with E-state index in [1.807, 2.05) is 5.38 Å². The van der Waals surface area contributed by atoms with E-state index in [1.165, 1.54) is 24.4 Å². The molecule has 0 amide bonds. The van der Waals surface area contributed by atoms with Gasteiger partial charge in [-0.3, -0.25) is 0 Å². The van der Waals surface area contributed by atoms with Crippen LogP contribution in [-0.4, -0.2) is 16.1 Å². The van der Waals surface area contributed by atoms with E-state index in [0.717, 1.165) is 18.8 Å². The molecule has 0 radical (unpaired) electrons. The van der Waals surface area contributed by atoms with Crippen LogP contribution in [0.15, 0.2) is 5.38 Å². The molecule has 3 nitrogen and oxygen atoms in total. The average molecular weight is 171 g/mol. The molecule has 1 N–H and O–H groups in total. The smallest absolute Gasteiger partial charge is 0.0893 e. The maximum Gasteiger partial charge on any atom is 0.0893 e. The van der Waals surface area contributed by atoms with E-state index in [4.69, 9.17) is 0 Å². The summed E-state index contributed by atoms with van der Waals surface area (Å²) in [6.07, 6.45) is 2.47. The van der Waals surface area contributed by atoms with Crippen molar-refractivity contribution in [2.45, 2.75) is 26.3 Å². The molecule has 0 saturated carbocycles. The van der Waals surface area contributed by atoms with Crippen molar-refractivity contribution in [2.24, 2.45) is 0 Å². The van der Waals surface area contributed by atoms with Gasteiger partial charge in [-0.15, -0.1) is 5.10 Å². The van der Waals surface area contributed by atoms with E-state index >= 15 is 0 Å². The lowest BCUT2D eigenvalue weighted by Gasteiger charge is -1.98. The normalized spacial score (nSPS) is 10.3. The van der Waals surface area contributed by atoms with Gasteiger partial charge in [0.2, 0.25) is 0 Å². The van der Waals surface area contributed by atoms with Crippen molar-refractivity contribution in [3.05, 3.63) is 11.1 Å². The van der Waals surface area contributed by atoms with Crippen LogP contribution in [0.5, 0.6) is 0 Å². The Hall–Kier alpha value is -0.480. The molecule has 62 valence electrons. The first kappa shape index (κ1) is 8.62. The first-order valence-corrected chi connectivity index (χ1v) is 4.73. The van der Waals surface area contributed by atoms with Gasteiger partial charge >= 0.3 is 0 Å². The Bertz CT molecular complexity index is 174. The van der Waals surface area contributed by atoms with Crippen molar-refractivity contribution < 1.29 is 0 Å². The maximum absolute atomic E-state index is 3.92. The van der Waals surface area contributed by atoms with Crippen molar-refractivity contribution in [3.8, 4) is 0 Å². The molecule has 0 aliphatic carbocycles. The quantitative estimate of drug-likeness (QED) is 0.681. The highest BCUT2D eigenvalue weighted by Gasteiger charge is 1.93. The fourth-order valence-corrected chi connectivity index (χ4v) is 1.23. The van der Waals surface area contributed by atoms with Gasteiger partial charge in [0.05, 0.1) is 5.69 Å². The fraction of sp³-hybridized carbons (Fsp3) is 0.714. The second-order valence-corrected chi connectivity index (χ2v) is 3.04. The van der Waals surface area contributed by atoms with E-state index < -0.39 is 0 Å². The van der Waals surface area contributed by atoms with Gasteiger partial charge in [-0.1, -0.05) is 17.8 Å². The molecule has 0 aromatic carbocycles. The van der Waals surface area contributed by atoms with Crippen LogP contribution in [0.25, 0.3) is 0 Å². The van der Waals surface area contributed by atoms with E-state index in [0.29, 0.717) is 0 Å². The molecule has 1 aromatic heterocycles. The minimum atomic E-state index is 0.858. The zero-order valence-electron chi connectivity index (χ0n) is 6.71. The number of nitrogens with zero attached hydrogens (tertiary/aromatic N) is 2. The molecule has 0 saturated heterocycles. The monoisotopic (exact) mass is 171 g/mol. The van der Waals surface area contributed by atoms with Gasteiger partial charge in [0.25, 0.3) is 0 Å². The number of unbranched alkanes of at least 4 members (excludes halogenated alkanes) is 1. The highest BCUT2D eigenvalue weighted by Crippen LogP contribution is 1.95. The first-order valence-electron chi connectivity index (χ1n) is 3.90. The molecule has 4 heteroatoms. The minimum absolute atomic E-state index is 0.858. The third-order valence-electron chi connectivity index (χ3n) is 1.42. The minimum Gasteiger partial charge on any atom is -0.311 e. The maximum atomic E-state index is 3.92. The largest absolute Gasteiger partial charge is 0.311 e. The Balaban J connectivity index is 2.04. The Morgan fingerprint density at radius 2 is 2.55 bits per heavy atom. The van der Waals surface area contributed by atoms with Gasteiger partial charge in [0.15, 0.2) is 0 Å². The molecule has 0 aliphatic heterocycles. The van der Waals surface area contributed by atoms with Gasteiger partial charge in [-0.2, -0.15) is 0 Å². The highest BCUT2D eigenvalue weighted by atomic mass is 32.1. The molecule has 0 fully saturated rings. The lowest BCUT2D eigenvalue weighted by atomic mass is 10.3. The highest BCUT2D eigenvalue weighted by molar-refractivity contribution is 7.03. The molecule has 0 aliphatic rings. The van der Waals surface area contributed by atoms with Crippen LogP contribution in [0.4, 0.5) is 0 Å². The summed E-state index contributed by atoms with van der Waals surface area (Å²) in [6.45, 7) is 4.12. The Kier molecular flexibility index (Phi) is 4.08. The summed E-state index contributed by atoms with van der Waals surface area (Å²) in [7, 11) is 0. The SMILES string of the molecule is CCCCNCc1csnn1. The number of rotatable bonds is 5. The van der Waals surface area contributed by atoms with Gasteiger partial charge in [-0.05, 0) is 24.5 Å². The summed E-state index contributed by atoms with van der Waals surface area (Å²) >= 11 is 1.40. The average Bonchev–Trinajstić information content (AvgIpc) is 2.50. The number of aromatic nitrogens is 2. The third kappa shape index (κ3) is 3.43. The van der Waals surface area contributed by atoms with Crippen LogP contribution in [-0.2, 0) is 6.54 Å². The van der Waals surface area contributed by atoms with Crippen LogP contribution < -0.4 is 5.32 Å². The lowest BCUT2D eigenvalue weighted by Crippen LogP contribution is -2.14. The first-order chi connectivity index (χ1) is 5.43. The predicted molar refractivity (Wildman–Crippen MR) is 46.5 cm³/mol. The standard InChI is InChI=1S/C7H13N3S/c1-2-3-4-8-5-7-6-11-10-9-7/h6,8H,2-5H2,1H3. The topological polar surface area (TPSA) is 37.8 Å². The van der Waals surface area contributed by atoms with Crippen molar-refractivity contribution in [1.82, 2.24) is 14.9 Å². The van der Waals surface area contributed by atoms with Gasteiger partial charge in [0.1, 0.15) is 0 Å². The molecule has 1 rings (SSSR count). The number of nitrogens with one attached hydrogen (secondary N) is 1. The van der Waals surface area contributed by atoms with E-state index in [9.17, 15) is 0 Å². The van der Waals surface area contributed by atoms with E-state index in [1.54, 1.807) is 0 Å². The summed E-state index contributed by atoms with van der Waals surface area (Å²) < 4.78 is 3.77. The molecule has 0 atom stereocenters. The van der Waals surface area contributed by atoms with E-state index in [2.05, 4.69) is 21.8 Å². The van der Waals surface area contributed by atoms with Crippen LogP contribution >= 0.6 is 11.5 Å². The summed E-state index contributed by atoms with van der Waals surface area (Å²) in [5, 5.41) is 9.18. The Morgan fingerprint density at radius 1 is 1.64 bits per heavy atom. The Labute approximate surface area is 71.0 Å². The number of hydrogen-bond donors (Lipinski definition) is 1. The van der Waals surface area contributed by atoms with E-state index in [-0.39, 0.29) is 0 Å². The third-order valence-corrected chi connectivity index (χ3v) is 1.97. The van der Waals surface area contributed by atoms with Crippen molar-refractivity contribution in [2.75, 3.05) is 6.54 Å². The van der Waals surface area contributed by atoms with Gasteiger partial charge in [-0.25, -0.2) is 0 Å². The molecular weight excluding hydrogens is 158 g/mol. The Morgan fingerprint density at radius 3 is 3.18 bits per heavy atom. The zero-order chi connectivity index (χ0) is 7.94. The molecule has 1 heterocycles. The van der Waals surface area contributed by atoms with Crippen LogP contribution in [0.3, 0.4) is 0 Å². The van der Waals surface area contributed by atoms with Crippen molar-refractivity contribution in [1.29, 1.82) is 0 Å². The predicted octanol–water partition coefficient (Wildman–Crippen LogP) is 1.43. The molecule has 0 spiro atoms. The van der Waals surface area contributed by atoms with Gasteiger partial charge in [0, 0.05) is 11.9 Å². The molecular formula is C7H13N3S. The zero-order valence-corrected chi connectivity index (χ0v) is 7.52. The van der Waals surface area contributed by atoms with Gasteiger partial charge < -0.3 is 5.32 Å². The summed E-state index contributed by atoms with van der Waals surface area (Å²) in [5.41, 5.74) is 1.05. The second kappa shape index (κ2) is 5.21. The van der Waals surface area contributed by atoms with Crippen LogP contribution in [0.2, 0.25) is 0 Å². The van der Waals surface area contributed by atoms with Crippen molar-refractivity contribution in [3.63, 3.8) is 0 Å². The fourth-order valence-electron chi connectivity index (χ4n) is 0.779. The number of hydrogen-bond acceptors (Lipinski definition) is 4. The second-order valence-electron chi connectivity index (χ2n) is 2.43. The molecule has 0 unspecified atom stereocenters. The summed E-state index contributed by atoms with van der Waals surface area (Å²) in [6, 6.07) is 0. The summed E-state index contributed by atoms with van der Waals surface area (Å²) in [4.78, 5) is 0. The lowest BCUT2D eigenvalue weighted by molar-refractivity contribution is 0.632. The van der Waals surface area contributed by atoms with Crippen LogP contribution in [0, 0.1) is 0 Å². The summed E-state index contributed by atoms with van der Waals surface area (Å²) in [5.74, 6) is 0. The molecule has 11 heavy (non-hydrogen) atoms. The molecule has 0 bridgehead atoms. The molecule has 1 aromatic rings. The van der Waals surface area contributed by atoms with Crippen LogP contribution in [0.1, 0.15) is 25.5 Å².